The zero-order valence-corrected chi connectivity index (χ0v) is 22.7. The Labute approximate surface area is 241 Å². The molecule has 0 heterocycles. The maximum absolute atomic E-state index is 13.4. The van der Waals surface area contributed by atoms with Crippen molar-refractivity contribution < 1.29 is 44.1 Å². The number of aromatic hydroxyl groups is 1. The summed E-state index contributed by atoms with van der Waals surface area (Å²) in [6, 6.07) is 8.96. The van der Waals surface area contributed by atoms with Gasteiger partial charge in [-0.1, -0.05) is 42.5 Å². The number of aliphatic carboxylic acids is 2. The highest BCUT2D eigenvalue weighted by Gasteiger charge is 2.31. The highest BCUT2D eigenvalue weighted by Crippen LogP contribution is 2.13. The first-order chi connectivity index (χ1) is 19.8. The predicted octanol–water partition coefficient (Wildman–Crippen LogP) is -0.826. The number of amides is 4. The highest BCUT2D eigenvalue weighted by atomic mass is 16.4. The van der Waals surface area contributed by atoms with E-state index >= 15 is 0 Å². The average molecular weight is 586 g/mol. The van der Waals surface area contributed by atoms with Crippen LogP contribution in [0.25, 0.3) is 0 Å². The second kappa shape index (κ2) is 16.3. The van der Waals surface area contributed by atoms with Crippen molar-refractivity contribution in [1.29, 1.82) is 0 Å². The largest absolute Gasteiger partial charge is 0.508 e. The third-order valence-corrected chi connectivity index (χ3v) is 6.22. The quantitative estimate of drug-likeness (QED) is 0.114. The predicted molar refractivity (Wildman–Crippen MR) is 149 cm³/mol. The number of phenols is 1. The average Bonchev–Trinajstić information content (AvgIpc) is 2.94. The standard InChI is InChI=1S/C28H35N5O9/c29-19(10-13-24(36)37)25(38)32-21(14-17-6-8-18(34)9-7-17)27(40)31-20(11-12-23(30)35)26(39)33-22(28(41)42)15-16-4-2-1-3-5-16/h1-9,19-22,34H,10-15,29H2,(H2,30,35)(H,31,40)(H,32,38)(H,33,39)(H,36,37)(H,41,42). The Kier molecular flexibility index (Phi) is 12.9. The molecule has 2 rings (SSSR count). The van der Waals surface area contributed by atoms with E-state index in [4.69, 9.17) is 16.6 Å². The SMILES string of the molecule is NC(=O)CCC(NC(=O)C(Cc1ccc(O)cc1)NC(=O)C(N)CCC(=O)O)C(=O)NC(Cc1ccccc1)C(=O)O. The summed E-state index contributed by atoms with van der Waals surface area (Å²) in [6.45, 7) is 0. The molecule has 0 saturated heterocycles. The van der Waals surface area contributed by atoms with Crippen molar-refractivity contribution in [3.05, 3.63) is 65.7 Å². The van der Waals surface area contributed by atoms with Gasteiger partial charge in [0.05, 0.1) is 6.04 Å². The van der Waals surface area contributed by atoms with Crippen molar-refractivity contribution in [3.8, 4) is 5.75 Å². The van der Waals surface area contributed by atoms with E-state index in [0.29, 0.717) is 11.1 Å². The van der Waals surface area contributed by atoms with Gasteiger partial charge in [0.25, 0.3) is 0 Å². The molecule has 2 aromatic carbocycles. The van der Waals surface area contributed by atoms with E-state index in [0.717, 1.165) is 0 Å². The number of hydrogen-bond acceptors (Lipinski definition) is 8. The van der Waals surface area contributed by atoms with Gasteiger partial charge in [-0.15, -0.1) is 0 Å². The summed E-state index contributed by atoms with van der Waals surface area (Å²) in [4.78, 5) is 73.4. The zero-order valence-electron chi connectivity index (χ0n) is 22.7. The number of carboxylic acids is 2. The van der Waals surface area contributed by atoms with Crippen molar-refractivity contribution in [2.24, 2.45) is 11.5 Å². The third kappa shape index (κ3) is 11.6. The van der Waals surface area contributed by atoms with Gasteiger partial charge in [-0.2, -0.15) is 0 Å². The molecule has 0 radical (unpaired) electrons. The lowest BCUT2D eigenvalue weighted by Crippen LogP contribution is -2.58. The third-order valence-electron chi connectivity index (χ3n) is 6.22. The highest BCUT2D eigenvalue weighted by molar-refractivity contribution is 5.94. The molecule has 0 saturated carbocycles. The van der Waals surface area contributed by atoms with Gasteiger partial charge >= 0.3 is 11.9 Å². The molecular formula is C28H35N5O9. The summed E-state index contributed by atoms with van der Waals surface area (Å²) >= 11 is 0. The number of hydrogen-bond donors (Lipinski definition) is 8. The number of carbonyl (C=O) groups excluding carboxylic acids is 4. The Balaban J connectivity index is 2.25. The summed E-state index contributed by atoms with van der Waals surface area (Å²) < 4.78 is 0. The van der Waals surface area contributed by atoms with Gasteiger partial charge < -0.3 is 42.7 Å². The Hall–Kier alpha value is -4.98. The molecule has 10 N–H and O–H groups in total. The molecule has 0 aliphatic heterocycles. The molecule has 4 unspecified atom stereocenters. The number of rotatable bonds is 17. The first-order valence-corrected chi connectivity index (χ1v) is 13.1. The summed E-state index contributed by atoms with van der Waals surface area (Å²) in [5.74, 6) is -5.85. The Morgan fingerprint density at radius 1 is 0.667 bits per heavy atom. The molecule has 4 atom stereocenters. The van der Waals surface area contributed by atoms with Crippen molar-refractivity contribution in [1.82, 2.24) is 16.0 Å². The summed E-state index contributed by atoms with van der Waals surface area (Å²) in [5.41, 5.74) is 12.2. The van der Waals surface area contributed by atoms with E-state index < -0.39 is 59.7 Å². The fraction of sp³-hybridized carbons (Fsp3) is 0.357. The van der Waals surface area contributed by atoms with Gasteiger partial charge in [0.15, 0.2) is 0 Å². The van der Waals surface area contributed by atoms with Crippen molar-refractivity contribution in [2.45, 2.75) is 62.7 Å². The number of nitrogens with two attached hydrogens (primary N) is 2. The van der Waals surface area contributed by atoms with Gasteiger partial charge in [0, 0.05) is 25.7 Å². The number of phenolic OH excluding ortho intramolecular Hbond substituents is 1. The van der Waals surface area contributed by atoms with Crippen LogP contribution in [-0.2, 0) is 41.6 Å². The molecule has 4 amide bonds. The minimum absolute atomic E-state index is 0.0360. The molecule has 2 aromatic rings. The number of nitrogens with one attached hydrogen (secondary N) is 3. The molecule has 42 heavy (non-hydrogen) atoms. The number of benzene rings is 2. The van der Waals surface area contributed by atoms with Gasteiger partial charge in [0.1, 0.15) is 23.9 Å². The van der Waals surface area contributed by atoms with Gasteiger partial charge in [-0.3, -0.25) is 24.0 Å². The van der Waals surface area contributed by atoms with Crippen molar-refractivity contribution in [3.63, 3.8) is 0 Å². The lowest BCUT2D eigenvalue weighted by molar-refractivity contribution is -0.142. The van der Waals surface area contributed by atoms with Crippen LogP contribution in [0.2, 0.25) is 0 Å². The van der Waals surface area contributed by atoms with Crippen LogP contribution in [0.15, 0.2) is 54.6 Å². The van der Waals surface area contributed by atoms with E-state index in [2.05, 4.69) is 16.0 Å². The minimum Gasteiger partial charge on any atom is -0.508 e. The summed E-state index contributed by atoms with van der Waals surface area (Å²) in [5, 5.41) is 35.4. The molecule has 14 heteroatoms. The van der Waals surface area contributed by atoms with E-state index in [1.807, 2.05) is 0 Å². The fourth-order valence-corrected chi connectivity index (χ4v) is 3.92. The molecule has 0 spiro atoms. The van der Waals surface area contributed by atoms with E-state index in [-0.39, 0.29) is 44.3 Å². The number of carboxylic acid groups (broad SMARTS) is 2. The monoisotopic (exact) mass is 585 g/mol. The molecule has 0 fully saturated rings. The Bertz CT molecular complexity index is 1250. The first-order valence-electron chi connectivity index (χ1n) is 13.1. The smallest absolute Gasteiger partial charge is 0.326 e. The van der Waals surface area contributed by atoms with Crippen molar-refractivity contribution >= 4 is 35.6 Å². The molecule has 0 aliphatic rings. The normalized spacial score (nSPS) is 13.5. The molecule has 0 aromatic heterocycles. The molecule has 226 valence electrons. The van der Waals surface area contributed by atoms with Crippen LogP contribution in [0.3, 0.4) is 0 Å². The van der Waals surface area contributed by atoms with Crippen LogP contribution in [-0.4, -0.2) is 75.1 Å². The lowest BCUT2D eigenvalue weighted by Gasteiger charge is -2.25. The topological polar surface area (TPSA) is 251 Å². The Morgan fingerprint density at radius 2 is 1.19 bits per heavy atom. The fourth-order valence-electron chi connectivity index (χ4n) is 3.92. The van der Waals surface area contributed by atoms with Crippen molar-refractivity contribution in [2.75, 3.05) is 0 Å². The molecule has 0 aliphatic carbocycles. The molecule has 0 bridgehead atoms. The molecular weight excluding hydrogens is 550 g/mol. The second-order valence-electron chi connectivity index (χ2n) is 9.63. The van der Waals surface area contributed by atoms with Gasteiger partial charge in [-0.05, 0) is 36.1 Å². The minimum atomic E-state index is -1.40. The summed E-state index contributed by atoms with van der Waals surface area (Å²) in [6.07, 6.45) is -1.32. The van der Waals surface area contributed by atoms with Crippen LogP contribution in [0.1, 0.15) is 36.8 Å². The Morgan fingerprint density at radius 3 is 1.76 bits per heavy atom. The maximum atomic E-state index is 13.4. The second-order valence-corrected chi connectivity index (χ2v) is 9.63. The number of primary amides is 1. The molecule has 14 nitrogen and oxygen atoms in total. The van der Waals surface area contributed by atoms with Crippen LogP contribution in [0.5, 0.6) is 5.75 Å². The van der Waals surface area contributed by atoms with E-state index in [1.54, 1.807) is 30.3 Å². The van der Waals surface area contributed by atoms with Gasteiger partial charge in [-0.25, -0.2) is 4.79 Å². The van der Waals surface area contributed by atoms with Crippen LogP contribution < -0.4 is 27.4 Å². The zero-order chi connectivity index (χ0) is 31.2. The van der Waals surface area contributed by atoms with E-state index in [9.17, 15) is 39.0 Å². The van der Waals surface area contributed by atoms with Crippen LogP contribution in [0.4, 0.5) is 0 Å². The summed E-state index contributed by atoms with van der Waals surface area (Å²) in [7, 11) is 0. The van der Waals surface area contributed by atoms with Crippen LogP contribution in [0, 0.1) is 0 Å². The van der Waals surface area contributed by atoms with Gasteiger partial charge in [0.2, 0.25) is 23.6 Å². The van der Waals surface area contributed by atoms with E-state index in [1.165, 1.54) is 24.3 Å². The first kappa shape index (κ1) is 33.2. The number of carbonyl (C=O) groups is 6. The van der Waals surface area contributed by atoms with Crippen LogP contribution >= 0.6 is 0 Å². The maximum Gasteiger partial charge on any atom is 0.326 e. The lowest BCUT2D eigenvalue weighted by atomic mass is 10.0.